The minimum absolute atomic E-state index is 0.785. The molecule has 0 amide bonds. The summed E-state index contributed by atoms with van der Waals surface area (Å²) in [4.78, 5) is 23.4. The topological polar surface area (TPSA) is 234 Å². The monoisotopic (exact) mass is 254 g/mol. The van der Waals surface area contributed by atoms with Gasteiger partial charge in [-0.3, -0.25) is 31.2 Å². The van der Waals surface area contributed by atoms with Gasteiger partial charge >= 0.3 is 0 Å². The second-order valence-electron chi connectivity index (χ2n) is 3.42. The Morgan fingerprint density at radius 2 is 0.778 bits per heavy atom. The summed E-state index contributed by atoms with van der Waals surface area (Å²) in [5.74, 6) is -9.19. The van der Waals surface area contributed by atoms with E-state index in [1.165, 1.54) is 0 Å². The van der Waals surface area contributed by atoms with Gasteiger partial charge in [0.1, 0.15) is 35.2 Å². The third-order valence-corrected chi connectivity index (χ3v) is 2.01. The van der Waals surface area contributed by atoms with E-state index in [-0.39, 0.29) is 0 Å². The molecule has 0 atom stereocenters. The van der Waals surface area contributed by atoms with Gasteiger partial charge in [0, 0.05) is 0 Å². The van der Waals surface area contributed by atoms with E-state index in [1.807, 2.05) is 0 Å². The highest BCUT2D eigenvalue weighted by Gasteiger charge is 2.37. The van der Waals surface area contributed by atoms with Gasteiger partial charge in [-0.05, 0) is 0 Å². The van der Waals surface area contributed by atoms with Crippen LogP contribution in [0.4, 0.5) is 0 Å². The molecular weight excluding hydrogens is 240 g/mol. The van der Waals surface area contributed by atoms with Crippen molar-refractivity contribution in [2.75, 3.05) is 0 Å². The maximum Gasteiger partial charge on any atom is 0.217 e. The zero-order valence-corrected chi connectivity index (χ0v) is 9.28. The van der Waals surface area contributed by atoms with Crippen molar-refractivity contribution < 1.29 is 9.59 Å². The Morgan fingerprint density at radius 3 is 0.889 bits per heavy atom. The van der Waals surface area contributed by atoms with Gasteiger partial charge < -0.3 is 22.9 Å². The lowest BCUT2D eigenvalue weighted by atomic mass is 9.90. The molecule has 0 aromatic heterocycles. The highest BCUT2D eigenvalue weighted by atomic mass is 16.2. The number of amidine groups is 4. The van der Waals surface area contributed by atoms with E-state index in [1.54, 1.807) is 0 Å². The second kappa shape index (κ2) is 5.52. The fourth-order valence-electron chi connectivity index (χ4n) is 1.18. The quantitative estimate of drug-likeness (QED) is 0.134. The van der Waals surface area contributed by atoms with Crippen molar-refractivity contribution in [1.29, 1.82) is 21.6 Å². The standard InChI is InChI=1S/C8H14N8O2/c9-5(10)1(6(11)12)3(17)4(18)2(7(13)14)8(15)16/h1-2H,(H3,9,10)(H3,11,12)(H3,13,14)(H3,15,16). The molecule has 0 aliphatic heterocycles. The molecule has 0 radical (unpaired) electrons. The van der Waals surface area contributed by atoms with Crippen molar-refractivity contribution in [2.45, 2.75) is 0 Å². The Morgan fingerprint density at radius 1 is 0.611 bits per heavy atom. The number of nitrogens with one attached hydrogen (secondary N) is 4. The van der Waals surface area contributed by atoms with Crippen LogP contribution in [0.3, 0.4) is 0 Å². The summed E-state index contributed by atoms with van der Waals surface area (Å²) in [5, 5.41) is 28.3. The third-order valence-electron chi connectivity index (χ3n) is 2.01. The lowest BCUT2D eigenvalue weighted by molar-refractivity contribution is -0.137. The smallest absolute Gasteiger partial charge is 0.217 e. The maximum absolute atomic E-state index is 11.7. The van der Waals surface area contributed by atoms with Gasteiger partial charge in [0.25, 0.3) is 0 Å². The van der Waals surface area contributed by atoms with Crippen molar-refractivity contribution in [2.24, 2.45) is 34.8 Å². The molecule has 0 bridgehead atoms. The Labute approximate surface area is 102 Å². The molecule has 0 heterocycles. The molecule has 10 heteroatoms. The van der Waals surface area contributed by atoms with Gasteiger partial charge in [0.15, 0.2) is 0 Å². The third kappa shape index (κ3) is 3.10. The zero-order chi connectivity index (χ0) is 14.6. The molecule has 12 N–H and O–H groups in total. The van der Waals surface area contributed by atoms with E-state index in [4.69, 9.17) is 44.6 Å². The van der Waals surface area contributed by atoms with E-state index in [0.29, 0.717) is 0 Å². The van der Waals surface area contributed by atoms with Crippen LogP contribution in [0, 0.1) is 33.5 Å². The average Bonchev–Trinajstić information content (AvgIpc) is 2.14. The number of hydrogen-bond donors (Lipinski definition) is 8. The zero-order valence-electron chi connectivity index (χ0n) is 9.28. The van der Waals surface area contributed by atoms with E-state index in [9.17, 15) is 9.59 Å². The number of ketones is 2. The van der Waals surface area contributed by atoms with Crippen molar-refractivity contribution in [3.63, 3.8) is 0 Å². The van der Waals surface area contributed by atoms with Gasteiger partial charge in [0.2, 0.25) is 11.6 Å². The molecule has 0 aromatic rings. The van der Waals surface area contributed by atoms with Crippen LogP contribution in [0.1, 0.15) is 0 Å². The highest BCUT2D eigenvalue weighted by molar-refractivity contribution is 6.51. The molecule has 0 rings (SSSR count). The molecule has 0 aromatic carbocycles. The van der Waals surface area contributed by atoms with Crippen LogP contribution in [0.15, 0.2) is 0 Å². The Balaban J connectivity index is 5.37. The summed E-state index contributed by atoms with van der Waals surface area (Å²) in [6.07, 6.45) is 0. The van der Waals surface area contributed by atoms with Crippen molar-refractivity contribution in [3.8, 4) is 0 Å². The fourth-order valence-corrected chi connectivity index (χ4v) is 1.18. The molecule has 98 valence electrons. The van der Waals surface area contributed by atoms with E-state index in [2.05, 4.69) is 0 Å². The van der Waals surface area contributed by atoms with Crippen LogP contribution in [-0.4, -0.2) is 34.9 Å². The minimum Gasteiger partial charge on any atom is -0.387 e. The summed E-state index contributed by atoms with van der Waals surface area (Å²) in [6.45, 7) is 0. The predicted molar refractivity (Wildman–Crippen MR) is 64.7 cm³/mol. The van der Waals surface area contributed by atoms with Crippen LogP contribution in [0.25, 0.3) is 0 Å². The molecule has 0 aliphatic carbocycles. The number of carbonyl (C=O) groups is 2. The molecule has 0 spiro atoms. The van der Waals surface area contributed by atoms with E-state index in [0.717, 1.165) is 0 Å². The van der Waals surface area contributed by atoms with Crippen LogP contribution >= 0.6 is 0 Å². The first-order chi connectivity index (χ1) is 8.11. The lowest BCUT2D eigenvalue weighted by Crippen LogP contribution is -2.49. The van der Waals surface area contributed by atoms with E-state index >= 15 is 0 Å². The first-order valence-corrected chi connectivity index (χ1v) is 4.54. The summed E-state index contributed by atoms with van der Waals surface area (Å²) in [7, 11) is 0. The lowest BCUT2D eigenvalue weighted by Gasteiger charge is -2.16. The molecule has 0 fully saturated rings. The second-order valence-corrected chi connectivity index (χ2v) is 3.42. The van der Waals surface area contributed by atoms with E-state index < -0.39 is 46.7 Å². The Hall–Kier alpha value is -2.78. The van der Waals surface area contributed by atoms with Crippen molar-refractivity contribution >= 4 is 34.9 Å². The van der Waals surface area contributed by atoms with Crippen LogP contribution in [-0.2, 0) is 9.59 Å². The number of Topliss-reactive ketones (excluding diaryl/α,β-unsaturated/α-hetero) is 2. The normalized spacial score (nSPS) is 13.1. The van der Waals surface area contributed by atoms with Gasteiger partial charge in [0.05, 0.1) is 0 Å². The summed E-state index contributed by atoms with van der Waals surface area (Å²) in [6, 6.07) is 0. The van der Waals surface area contributed by atoms with Crippen LogP contribution < -0.4 is 22.9 Å². The van der Waals surface area contributed by atoms with Crippen molar-refractivity contribution in [1.82, 2.24) is 0 Å². The minimum atomic E-state index is -1.72. The average molecular weight is 254 g/mol. The first kappa shape index (κ1) is 15.2. The van der Waals surface area contributed by atoms with Gasteiger partial charge in [-0.2, -0.15) is 0 Å². The maximum atomic E-state index is 11.7. The molecule has 18 heavy (non-hydrogen) atoms. The fraction of sp³-hybridized carbons (Fsp3) is 0.250. The molecule has 0 unspecified atom stereocenters. The molecule has 0 aliphatic rings. The Kier molecular flexibility index (Phi) is 4.67. The molecule has 0 saturated heterocycles. The SMILES string of the molecule is N=C(N)C(C(=N)N)C(=O)C(=O)C(C(=N)N)C(=N)N. The molecular formula is C8H14N8O2. The molecule has 0 saturated carbocycles. The molecule has 10 nitrogen and oxygen atoms in total. The van der Waals surface area contributed by atoms with Crippen LogP contribution in [0.5, 0.6) is 0 Å². The number of carbonyl (C=O) groups excluding carboxylic acids is 2. The van der Waals surface area contributed by atoms with Gasteiger partial charge in [-0.25, -0.2) is 0 Å². The van der Waals surface area contributed by atoms with Crippen LogP contribution in [0.2, 0.25) is 0 Å². The predicted octanol–water partition coefficient (Wildman–Crippen LogP) is -2.90. The number of hydrogen-bond acceptors (Lipinski definition) is 6. The summed E-state index contributed by atoms with van der Waals surface area (Å²) < 4.78 is 0. The number of rotatable bonds is 7. The summed E-state index contributed by atoms with van der Waals surface area (Å²) >= 11 is 0. The van der Waals surface area contributed by atoms with Gasteiger partial charge in [-0.15, -0.1) is 0 Å². The summed E-state index contributed by atoms with van der Waals surface area (Å²) in [5.41, 5.74) is 20.2. The highest BCUT2D eigenvalue weighted by Crippen LogP contribution is 2.06. The van der Waals surface area contributed by atoms with Crippen molar-refractivity contribution in [3.05, 3.63) is 0 Å². The number of nitrogens with two attached hydrogens (primary N) is 4. The first-order valence-electron chi connectivity index (χ1n) is 4.54. The van der Waals surface area contributed by atoms with Gasteiger partial charge in [-0.1, -0.05) is 0 Å². The largest absolute Gasteiger partial charge is 0.387 e. The Bertz CT molecular complexity index is 384.